The Morgan fingerprint density at radius 1 is 1.50 bits per heavy atom. The van der Waals surface area contributed by atoms with E-state index in [0.717, 1.165) is 36.5 Å². The molecule has 6 heteroatoms. The molecule has 0 spiro atoms. The minimum atomic E-state index is -0.365. The van der Waals surface area contributed by atoms with Crippen LogP contribution in [0.2, 0.25) is 0 Å². The fourth-order valence-electron chi connectivity index (χ4n) is 1.94. The summed E-state index contributed by atoms with van der Waals surface area (Å²) >= 11 is 0. The normalized spacial score (nSPS) is 13.3. The molecular formula is C12H17N3O3. The van der Waals surface area contributed by atoms with Crippen LogP contribution in [-0.4, -0.2) is 43.6 Å². The van der Waals surface area contributed by atoms with Gasteiger partial charge in [0.1, 0.15) is 5.75 Å². The van der Waals surface area contributed by atoms with E-state index in [1.807, 2.05) is 19.0 Å². The molecule has 0 bridgehead atoms. The number of hydrogen-bond acceptors (Lipinski definition) is 5. The van der Waals surface area contributed by atoms with Crippen molar-refractivity contribution in [3.8, 4) is 5.75 Å². The van der Waals surface area contributed by atoms with Gasteiger partial charge in [-0.05, 0) is 14.1 Å². The number of nitrogens with zero attached hydrogens (tertiary/aromatic N) is 2. The van der Waals surface area contributed by atoms with Crippen LogP contribution in [0.5, 0.6) is 5.75 Å². The third-order valence-electron chi connectivity index (χ3n) is 2.85. The Morgan fingerprint density at radius 2 is 2.28 bits per heavy atom. The van der Waals surface area contributed by atoms with Gasteiger partial charge in [0.15, 0.2) is 0 Å². The zero-order valence-electron chi connectivity index (χ0n) is 10.6. The number of hydrogen-bond donors (Lipinski definition) is 1. The van der Waals surface area contributed by atoms with E-state index < -0.39 is 0 Å². The smallest absolute Gasteiger partial charge is 0.272 e. The summed E-state index contributed by atoms with van der Waals surface area (Å²) in [7, 11) is 3.96. The predicted octanol–water partition coefficient (Wildman–Crippen LogP) is 1.50. The largest absolute Gasteiger partial charge is 0.491 e. The standard InChI is InChI=1S/C12H17N3O3/c1-14(2)5-4-13-11-8-10(15(16)17)7-9-3-6-18-12(9)11/h7-8,13H,3-6H2,1-2H3. The van der Waals surface area contributed by atoms with Crippen LogP contribution < -0.4 is 10.1 Å². The molecule has 1 aliphatic rings. The highest BCUT2D eigenvalue weighted by Gasteiger charge is 2.21. The van der Waals surface area contributed by atoms with Gasteiger partial charge in [0.2, 0.25) is 0 Å². The lowest BCUT2D eigenvalue weighted by Crippen LogP contribution is -2.21. The van der Waals surface area contributed by atoms with Crippen LogP contribution in [0.3, 0.4) is 0 Å². The van der Waals surface area contributed by atoms with Crippen molar-refractivity contribution in [2.45, 2.75) is 6.42 Å². The number of likely N-dealkylation sites (N-methyl/N-ethyl adjacent to an activating group) is 1. The topological polar surface area (TPSA) is 67.6 Å². The van der Waals surface area contributed by atoms with E-state index >= 15 is 0 Å². The molecule has 18 heavy (non-hydrogen) atoms. The van der Waals surface area contributed by atoms with Gasteiger partial charge in [0, 0.05) is 37.2 Å². The second-order valence-corrected chi connectivity index (χ2v) is 4.57. The Hall–Kier alpha value is -1.82. The van der Waals surface area contributed by atoms with Crippen molar-refractivity contribution in [3.63, 3.8) is 0 Å². The highest BCUT2D eigenvalue weighted by atomic mass is 16.6. The van der Waals surface area contributed by atoms with E-state index in [-0.39, 0.29) is 10.6 Å². The Kier molecular flexibility index (Phi) is 3.66. The molecular weight excluding hydrogens is 234 g/mol. The lowest BCUT2D eigenvalue weighted by atomic mass is 10.1. The van der Waals surface area contributed by atoms with Crippen molar-refractivity contribution in [1.29, 1.82) is 0 Å². The summed E-state index contributed by atoms with van der Waals surface area (Å²) in [5, 5.41) is 14.1. The fraction of sp³-hybridized carbons (Fsp3) is 0.500. The fourth-order valence-corrected chi connectivity index (χ4v) is 1.94. The van der Waals surface area contributed by atoms with Crippen molar-refractivity contribution in [2.24, 2.45) is 0 Å². The second kappa shape index (κ2) is 5.22. The zero-order valence-corrected chi connectivity index (χ0v) is 10.6. The summed E-state index contributed by atoms with van der Waals surface area (Å²) in [6.45, 7) is 2.18. The molecule has 0 saturated carbocycles. The number of anilines is 1. The number of rotatable bonds is 5. The maximum Gasteiger partial charge on any atom is 0.272 e. The van der Waals surface area contributed by atoms with Gasteiger partial charge in [-0.25, -0.2) is 0 Å². The van der Waals surface area contributed by atoms with Crippen LogP contribution >= 0.6 is 0 Å². The number of benzene rings is 1. The molecule has 1 N–H and O–H groups in total. The monoisotopic (exact) mass is 251 g/mol. The first-order valence-electron chi connectivity index (χ1n) is 5.90. The third-order valence-corrected chi connectivity index (χ3v) is 2.85. The Morgan fingerprint density at radius 3 is 2.94 bits per heavy atom. The van der Waals surface area contributed by atoms with Gasteiger partial charge in [-0.1, -0.05) is 0 Å². The molecule has 98 valence electrons. The third kappa shape index (κ3) is 2.70. The first kappa shape index (κ1) is 12.6. The van der Waals surface area contributed by atoms with Gasteiger partial charge in [0.05, 0.1) is 17.2 Å². The number of nitro groups is 1. The first-order valence-corrected chi connectivity index (χ1v) is 5.90. The summed E-state index contributed by atoms with van der Waals surface area (Å²) in [6, 6.07) is 3.14. The molecule has 0 fully saturated rings. The molecule has 1 aromatic carbocycles. The number of nitrogens with one attached hydrogen (secondary N) is 1. The molecule has 0 radical (unpaired) electrons. The minimum absolute atomic E-state index is 0.117. The van der Waals surface area contributed by atoms with Gasteiger partial charge in [-0.2, -0.15) is 0 Å². The van der Waals surface area contributed by atoms with E-state index in [1.54, 1.807) is 12.1 Å². The van der Waals surface area contributed by atoms with Crippen LogP contribution in [0.25, 0.3) is 0 Å². The van der Waals surface area contributed by atoms with Crippen molar-refractivity contribution >= 4 is 11.4 Å². The first-order chi connectivity index (χ1) is 8.58. The van der Waals surface area contributed by atoms with Gasteiger partial charge in [-0.3, -0.25) is 10.1 Å². The van der Waals surface area contributed by atoms with E-state index in [1.165, 1.54) is 0 Å². The van der Waals surface area contributed by atoms with Crippen LogP contribution in [0.1, 0.15) is 5.56 Å². The maximum atomic E-state index is 10.9. The maximum absolute atomic E-state index is 10.9. The molecule has 0 amide bonds. The van der Waals surface area contributed by atoms with E-state index in [4.69, 9.17) is 4.74 Å². The molecule has 6 nitrogen and oxygen atoms in total. The molecule has 0 aliphatic carbocycles. The molecule has 0 unspecified atom stereocenters. The summed E-state index contributed by atoms with van der Waals surface area (Å²) in [4.78, 5) is 12.5. The van der Waals surface area contributed by atoms with E-state index in [2.05, 4.69) is 5.32 Å². The molecule has 1 aromatic rings. The lowest BCUT2D eigenvalue weighted by Gasteiger charge is -2.13. The Balaban J connectivity index is 2.19. The number of non-ortho nitro benzene ring substituents is 1. The molecule has 0 aromatic heterocycles. The van der Waals surface area contributed by atoms with Crippen molar-refractivity contribution < 1.29 is 9.66 Å². The van der Waals surface area contributed by atoms with E-state index in [0.29, 0.717) is 6.61 Å². The van der Waals surface area contributed by atoms with Crippen molar-refractivity contribution in [3.05, 3.63) is 27.8 Å². The van der Waals surface area contributed by atoms with Crippen LogP contribution in [0.15, 0.2) is 12.1 Å². The van der Waals surface area contributed by atoms with Crippen molar-refractivity contribution in [1.82, 2.24) is 4.90 Å². The quantitative estimate of drug-likeness (QED) is 0.634. The number of nitro benzene ring substituents is 1. The lowest BCUT2D eigenvalue weighted by molar-refractivity contribution is -0.384. The zero-order chi connectivity index (χ0) is 13.1. The number of ether oxygens (including phenoxy) is 1. The molecule has 0 atom stereocenters. The predicted molar refractivity (Wildman–Crippen MR) is 69.3 cm³/mol. The molecule has 0 saturated heterocycles. The minimum Gasteiger partial charge on any atom is -0.491 e. The average Bonchev–Trinajstić information content (AvgIpc) is 2.76. The van der Waals surface area contributed by atoms with E-state index in [9.17, 15) is 10.1 Å². The van der Waals surface area contributed by atoms with Crippen LogP contribution in [0.4, 0.5) is 11.4 Å². The van der Waals surface area contributed by atoms with Gasteiger partial charge < -0.3 is 15.0 Å². The molecule has 1 heterocycles. The van der Waals surface area contributed by atoms with Crippen molar-refractivity contribution in [2.75, 3.05) is 39.1 Å². The number of fused-ring (bicyclic) bond motifs is 1. The van der Waals surface area contributed by atoms with Gasteiger partial charge in [-0.15, -0.1) is 0 Å². The van der Waals surface area contributed by atoms with Gasteiger partial charge >= 0.3 is 0 Å². The molecule has 1 aliphatic heterocycles. The molecule has 2 rings (SSSR count). The average molecular weight is 251 g/mol. The summed E-state index contributed by atoms with van der Waals surface area (Å²) in [5.41, 5.74) is 1.75. The highest BCUT2D eigenvalue weighted by Crippen LogP contribution is 2.37. The second-order valence-electron chi connectivity index (χ2n) is 4.57. The SMILES string of the molecule is CN(C)CCNc1cc([N+](=O)[O-])cc2c1OCC2. The summed E-state index contributed by atoms with van der Waals surface area (Å²) < 4.78 is 5.52. The summed E-state index contributed by atoms with van der Waals surface area (Å²) in [6.07, 6.45) is 0.735. The van der Waals surface area contributed by atoms with Crippen LogP contribution in [0, 0.1) is 10.1 Å². The Bertz CT molecular complexity index is 460. The summed E-state index contributed by atoms with van der Waals surface area (Å²) in [5.74, 6) is 0.763. The van der Waals surface area contributed by atoms with Crippen LogP contribution in [-0.2, 0) is 6.42 Å². The Labute approximate surface area is 106 Å². The van der Waals surface area contributed by atoms with Gasteiger partial charge in [0.25, 0.3) is 5.69 Å². The highest BCUT2D eigenvalue weighted by molar-refractivity contribution is 5.66.